The third kappa shape index (κ3) is 3.28. The van der Waals surface area contributed by atoms with Crippen molar-refractivity contribution in [1.82, 2.24) is 9.97 Å². The van der Waals surface area contributed by atoms with Crippen LogP contribution in [0.4, 0.5) is 10.1 Å². The second-order valence-corrected chi connectivity index (χ2v) is 5.88. The van der Waals surface area contributed by atoms with Gasteiger partial charge in [0.15, 0.2) is 0 Å². The first kappa shape index (κ1) is 16.8. The first-order valence-electron chi connectivity index (χ1n) is 7.34. The maximum Gasteiger partial charge on any atom is 0.258 e. The average Bonchev–Trinajstić information content (AvgIpc) is 2.57. The number of hydrogen-bond acceptors (Lipinski definition) is 4. The number of carbonyl (C=O) groups excluding carboxylic acids is 1. The summed E-state index contributed by atoms with van der Waals surface area (Å²) < 4.78 is 13.9. The number of anilines is 1. The Balaban J connectivity index is 2.05. The Hall–Kier alpha value is -3.04. The number of carbonyl (C=O) groups is 1. The molecule has 1 N–H and O–H groups in total. The van der Waals surface area contributed by atoms with Crippen LogP contribution in [0.5, 0.6) is 0 Å². The molecule has 0 bridgehead atoms. The largest absolute Gasteiger partial charge is 0.322 e. The number of rotatable bonds is 2. The highest BCUT2D eigenvalue weighted by Gasteiger charge is 2.16. The van der Waals surface area contributed by atoms with Gasteiger partial charge in [0, 0.05) is 11.8 Å². The van der Waals surface area contributed by atoms with Crippen molar-refractivity contribution in [2.75, 3.05) is 5.32 Å². The molecule has 0 saturated carbocycles. The second kappa shape index (κ2) is 6.46. The minimum atomic E-state index is -0.580. The summed E-state index contributed by atoms with van der Waals surface area (Å²) in [5.41, 5.74) is 2.62. The van der Waals surface area contributed by atoms with Gasteiger partial charge in [-0.05, 0) is 38.1 Å². The number of amides is 1. The van der Waals surface area contributed by atoms with Crippen LogP contribution >= 0.6 is 11.6 Å². The van der Waals surface area contributed by atoms with Gasteiger partial charge in [0.2, 0.25) is 0 Å². The molecule has 3 aromatic rings. The van der Waals surface area contributed by atoms with E-state index in [9.17, 15) is 9.18 Å². The molecule has 0 aliphatic heterocycles. The molecule has 0 aliphatic rings. The fraction of sp³-hybridized carbons (Fsp3) is 0.111. The molecule has 0 radical (unpaired) electrons. The van der Waals surface area contributed by atoms with Crippen LogP contribution in [0.25, 0.3) is 11.0 Å². The van der Waals surface area contributed by atoms with Gasteiger partial charge in [-0.2, -0.15) is 5.26 Å². The molecule has 124 valence electrons. The van der Waals surface area contributed by atoms with E-state index < -0.39 is 11.7 Å². The van der Waals surface area contributed by atoms with Crippen molar-refractivity contribution in [3.8, 4) is 6.07 Å². The molecule has 0 aliphatic carbocycles. The van der Waals surface area contributed by atoms with Crippen LogP contribution in [0.3, 0.4) is 0 Å². The molecule has 7 heteroatoms. The molecule has 1 aromatic heterocycles. The Morgan fingerprint density at radius 1 is 1.20 bits per heavy atom. The third-order valence-corrected chi connectivity index (χ3v) is 4.06. The highest BCUT2D eigenvalue weighted by atomic mass is 35.5. The Morgan fingerprint density at radius 3 is 2.64 bits per heavy atom. The van der Waals surface area contributed by atoms with Gasteiger partial charge >= 0.3 is 0 Å². The maximum atomic E-state index is 13.9. The molecule has 5 nitrogen and oxygen atoms in total. The van der Waals surface area contributed by atoms with Crippen molar-refractivity contribution in [3.05, 3.63) is 63.7 Å². The number of halogens is 2. The van der Waals surface area contributed by atoms with Gasteiger partial charge in [0.1, 0.15) is 17.4 Å². The fourth-order valence-corrected chi connectivity index (χ4v) is 2.52. The zero-order valence-electron chi connectivity index (χ0n) is 13.4. The summed E-state index contributed by atoms with van der Waals surface area (Å²) in [6, 6.07) is 8.80. The molecule has 3 rings (SSSR count). The smallest absolute Gasteiger partial charge is 0.258 e. The summed E-state index contributed by atoms with van der Waals surface area (Å²) in [4.78, 5) is 21.2. The molecule has 0 unspecified atom stereocenters. The molecular weight excluding hydrogens is 343 g/mol. The lowest BCUT2D eigenvalue weighted by Gasteiger charge is -2.10. The van der Waals surface area contributed by atoms with Gasteiger partial charge in [-0.25, -0.2) is 14.4 Å². The highest BCUT2D eigenvalue weighted by Crippen LogP contribution is 2.23. The van der Waals surface area contributed by atoms with E-state index in [4.69, 9.17) is 16.9 Å². The van der Waals surface area contributed by atoms with Crippen molar-refractivity contribution in [1.29, 1.82) is 5.26 Å². The maximum absolute atomic E-state index is 13.9. The number of fused-ring (bicyclic) bond motifs is 1. The van der Waals surface area contributed by atoms with E-state index in [1.165, 1.54) is 18.2 Å². The SMILES string of the molecule is Cc1nc2cc(F)cc(C(=O)Nc3ccc(Cl)c(C#N)c3)c2nc1C. The molecule has 25 heavy (non-hydrogen) atoms. The standard InChI is InChI=1S/C18H12ClFN4O/c1-9-10(2)23-17-14(6-12(20)7-16(17)22-9)18(25)24-13-3-4-15(19)11(5-13)8-21/h3-7H,1-2H3,(H,24,25). The van der Waals surface area contributed by atoms with Crippen LogP contribution in [0.15, 0.2) is 30.3 Å². The van der Waals surface area contributed by atoms with Crippen LogP contribution in [-0.2, 0) is 0 Å². The van der Waals surface area contributed by atoms with Crippen molar-refractivity contribution >= 4 is 34.2 Å². The number of nitrogens with one attached hydrogen (secondary N) is 1. The van der Waals surface area contributed by atoms with Gasteiger partial charge in [-0.15, -0.1) is 0 Å². The quantitative estimate of drug-likeness (QED) is 0.749. The van der Waals surface area contributed by atoms with E-state index in [1.807, 2.05) is 6.07 Å². The van der Waals surface area contributed by atoms with Crippen molar-refractivity contribution < 1.29 is 9.18 Å². The van der Waals surface area contributed by atoms with Crippen LogP contribution in [0, 0.1) is 31.0 Å². The molecule has 0 atom stereocenters. The normalized spacial score (nSPS) is 10.5. The minimum Gasteiger partial charge on any atom is -0.322 e. The molecule has 1 heterocycles. The van der Waals surface area contributed by atoms with Crippen LogP contribution in [-0.4, -0.2) is 15.9 Å². The van der Waals surface area contributed by atoms with Crippen molar-refractivity contribution in [3.63, 3.8) is 0 Å². The van der Waals surface area contributed by atoms with Crippen molar-refractivity contribution in [2.45, 2.75) is 13.8 Å². The topological polar surface area (TPSA) is 78.7 Å². The lowest BCUT2D eigenvalue weighted by molar-refractivity contribution is 0.102. The number of nitrogens with zero attached hydrogens (tertiary/aromatic N) is 3. The monoisotopic (exact) mass is 354 g/mol. The molecule has 1 amide bonds. The van der Waals surface area contributed by atoms with Gasteiger partial charge < -0.3 is 5.32 Å². The predicted octanol–water partition coefficient (Wildman–Crippen LogP) is 4.16. The minimum absolute atomic E-state index is 0.0686. The van der Waals surface area contributed by atoms with Gasteiger partial charge in [0.25, 0.3) is 5.91 Å². The first-order valence-corrected chi connectivity index (χ1v) is 7.72. The Kier molecular flexibility index (Phi) is 4.34. The zero-order valence-corrected chi connectivity index (χ0v) is 14.1. The molecule has 0 saturated heterocycles. The van der Waals surface area contributed by atoms with Gasteiger partial charge in [-0.3, -0.25) is 4.79 Å². The van der Waals surface area contributed by atoms with E-state index in [-0.39, 0.29) is 16.1 Å². The molecule has 0 spiro atoms. The summed E-state index contributed by atoms with van der Waals surface area (Å²) in [5.74, 6) is -1.13. The number of aryl methyl sites for hydroxylation is 2. The first-order chi connectivity index (χ1) is 11.9. The molecule has 0 fully saturated rings. The van der Waals surface area contributed by atoms with Gasteiger partial charge in [0.05, 0.1) is 33.1 Å². The van der Waals surface area contributed by atoms with E-state index in [2.05, 4.69) is 15.3 Å². The molecular formula is C18H12ClFN4O. The lowest BCUT2D eigenvalue weighted by Crippen LogP contribution is -2.14. The second-order valence-electron chi connectivity index (χ2n) is 5.48. The zero-order chi connectivity index (χ0) is 18.1. The summed E-state index contributed by atoms with van der Waals surface area (Å²) in [6.07, 6.45) is 0. The summed E-state index contributed by atoms with van der Waals surface area (Å²) in [5, 5.41) is 11.9. The lowest BCUT2D eigenvalue weighted by atomic mass is 10.1. The van der Waals surface area contributed by atoms with E-state index in [1.54, 1.807) is 19.9 Å². The number of benzene rings is 2. The number of nitriles is 1. The number of aromatic nitrogens is 2. The predicted molar refractivity (Wildman–Crippen MR) is 93.1 cm³/mol. The van der Waals surface area contributed by atoms with Crippen LogP contribution in [0.2, 0.25) is 5.02 Å². The third-order valence-electron chi connectivity index (χ3n) is 3.74. The van der Waals surface area contributed by atoms with E-state index >= 15 is 0 Å². The fourth-order valence-electron chi connectivity index (χ4n) is 2.36. The summed E-state index contributed by atoms with van der Waals surface area (Å²) in [7, 11) is 0. The summed E-state index contributed by atoms with van der Waals surface area (Å²) >= 11 is 5.88. The Labute approximate surface area is 148 Å². The summed E-state index contributed by atoms with van der Waals surface area (Å²) in [6.45, 7) is 3.54. The highest BCUT2D eigenvalue weighted by molar-refractivity contribution is 6.31. The van der Waals surface area contributed by atoms with Crippen LogP contribution in [0.1, 0.15) is 27.3 Å². The van der Waals surface area contributed by atoms with Crippen molar-refractivity contribution in [2.24, 2.45) is 0 Å². The molecule has 2 aromatic carbocycles. The Morgan fingerprint density at radius 2 is 1.92 bits per heavy atom. The van der Waals surface area contributed by atoms with E-state index in [0.717, 1.165) is 6.07 Å². The Bertz CT molecular complexity index is 1060. The van der Waals surface area contributed by atoms with Crippen LogP contribution < -0.4 is 5.32 Å². The number of hydrogen-bond donors (Lipinski definition) is 1. The van der Waals surface area contributed by atoms with Gasteiger partial charge in [-0.1, -0.05) is 11.6 Å². The average molecular weight is 355 g/mol. The van der Waals surface area contributed by atoms with E-state index in [0.29, 0.717) is 28.1 Å².